The number of hydrogen-bond acceptors (Lipinski definition) is 4. The highest BCUT2D eigenvalue weighted by molar-refractivity contribution is 5.96. The van der Waals surface area contributed by atoms with Gasteiger partial charge in [-0.2, -0.15) is 0 Å². The van der Waals surface area contributed by atoms with Crippen LogP contribution in [0, 0.1) is 6.92 Å². The normalized spacial score (nSPS) is 16.5. The Morgan fingerprint density at radius 3 is 2.76 bits per heavy atom. The first-order valence-corrected chi connectivity index (χ1v) is 8.34. The van der Waals surface area contributed by atoms with E-state index in [1.165, 1.54) is 4.90 Å². The van der Waals surface area contributed by atoms with Crippen LogP contribution in [0.15, 0.2) is 48.7 Å². The molecule has 0 radical (unpaired) electrons. The van der Waals surface area contributed by atoms with Crippen LogP contribution in [0.5, 0.6) is 0 Å². The number of nitrogens with one attached hydrogen (secondary N) is 1. The van der Waals surface area contributed by atoms with Crippen LogP contribution in [0.4, 0.5) is 10.6 Å². The number of pyridine rings is 1. The Morgan fingerprint density at radius 1 is 1.24 bits per heavy atom. The van der Waals surface area contributed by atoms with E-state index in [0.717, 1.165) is 17.5 Å². The first kappa shape index (κ1) is 17.0. The van der Waals surface area contributed by atoms with Crippen molar-refractivity contribution >= 4 is 17.8 Å². The first-order valence-electron chi connectivity index (χ1n) is 8.34. The number of carbonyl (C=O) groups is 2. The van der Waals surface area contributed by atoms with Gasteiger partial charge in [0.25, 0.3) is 0 Å². The molecular formula is C19H21N3O3. The van der Waals surface area contributed by atoms with Gasteiger partial charge in [0, 0.05) is 12.7 Å². The third-order valence-corrected chi connectivity index (χ3v) is 4.16. The van der Waals surface area contributed by atoms with Crippen LogP contribution in [-0.2, 0) is 16.1 Å². The summed E-state index contributed by atoms with van der Waals surface area (Å²) in [6.45, 7) is 2.65. The van der Waals surface area contributed by atoms with Crippen molar-refractivity contribution in [3.63, 3.8) is 0 Å². The third kappa shape index (κ3) is 4.35. The van der Waals surface area contributed by atoms with Gasteiger partial charge in [0.05, 0.1) is 0 Å². The maximum atomic E-state index is 12.5. The fourth-order valence-electron chi connectivity index (χ4n) is 2.81. The van der Waals surface area contributed by atoms with Crippen molar-refractivity contribution in [2.24, 2.45) is 0 Å². The Kier molecular flexibility index (Phi) is 5.28. The van der Waals surface area contributed by atoms with E-state index >= 15 is 0 Å². The Bertz CT molecular complexity index is 731. The largest absolute Gasteiger partial charge is 0.445 e. The quantitative estimate of drug-likeness (QED) is 0.929. The number of anilines is 1. The van der Waals surface area contributed by atoms with Gasteiger partial charge in [0.1, 0.15) is 18.5 Å². The van der Waals surface area contributed by atoms with E-state index in [1.54, 1.807) is 12.3 Å². The Labute approximate surface area is 146 Å². The highest BCUT2D eigenvalue weighted by atomic mass is 16.6. The standard InChI is InChI=1S/C19H21N3O3/c1-14-9-10-17(20-12-14)21-18(23)16-8-5-11-22(16)19(24)25-13-15-6-3-2-4-7-15/h2-4,6-7,9-10,12,16H,5,8,11,13H2,1H3,(H,20,21,23). The third-order valence-electron chi connectivity index (χ3n) is 4.16. The van der Waals surface area contributed by atoms with Crippen LogP contribution in [-0.4, -0.2) is 34.5 Å². The van der Waals surface area contributed by atoms with Gasteiger partial charge < -0.3 is 10.1 Å². The number of benzene rings is 1. The highest BCUT2D eigenvalue weighted by Gasteiger charge is 2.35. The Balaban J connectivity index is 1.58. The van der Waals surface area contributed by atoms with E-state index in [4.69, 9.17) is 4.74 Å². The van der Waals surface area contributed by atoms with Crippen molar-refractivity contribution in [2.45, 2.75) is 32.4 Å². The second-order valence-electron chi connectivity index (χ2n) is 6.10. The molecule has 2 heterocycles. The second kappa shape index (κ2) is 7.79. The molecule has 1 atom stereocenters. The molecule has 130 valence electrons. The minimum absolute atomic E-state index is 0.198. The molecule has 2 aromatic rings. The maximum Gasteiger partial charge on any atom is 0.410 e. The monoisotopic (exact) mass is 339 g/mol. The Morgan fingerprint density at radius 2 is 2.04 bits per heavy atom. The summed E-state index contributed by atoms with van der Waals surface area (Å²) in [6.07, 6.45) is 2.63. The lowest BCUT2D eigenvalue weighted by atomic mass is 10.2. The molecule has 6 nitrogen and oxygen atoms in total. The van der Waals surface area contributed by atoms with Crippen LogP contribution in [0.1, 0.15) is 24.0 Å². The zero-order valence-corrected chi connectivity index (χ0v) is 14.1. The number of ether oxygens (including phenoxy) is 1. The first-order chi connectivity index (χ1) is 12.1. The number of amides is 2. The lowest BCUT2D eigenvalue weighted by Gasteiger charge is -2.23. The number of aryl methyl sites for hydroxylation is 1. The number of nitrogens with zero attached hydrogens (tertiary/aromatic N) is 2. The summed E-state index contributed by atoms with van der Waals surface area (Å²) in [5.41, 5.74) is 1.94. The van der Waals surface area contributed by atoms with Gasteiger partial charge in [0.15, 0.2) is 0 Å². The van der Waals surface area contributed by atoms with E-state index < -0.39 is 12.1 Å². The summed E-state index contributed by atoms with van der Waals surface area (Å²) < 4.78 is 5.35. The molecule has 0 spiro atoms. The molecule has 1 aromatic heterocycles. The lowest BCUT2D eigenvalue weighted by Crippen LogP contribution is -2.43. The summed E-state index contributed by atoms with van der Waals surface area (Å²) in [5, 5.41) is 2.77. The van der Waals surface area contributed by atoms with Gasteiger partial charge in [-0.1, -0.05) is 36.4 Å². The van der Waals surface area contributed by atoms with Gasteiger partial charge >= 0.3 is 6.09 Å². The number of likely N-dealkylation sites (tertiary alicyclic amines) is 1. The number of carbonyl (C=O) groups excluding carboxylic acids is 2. The molecule has 1 N–H and O–H groups in total. The van der Waals surface area contributed by atoms with Gasteiger partial charge in [-0.05, 0) is 37.0 Å². The molecule has 0 aliphatic carbocycles. The zero-order chi connectivity index (χ0) is 17.6. The molecule has 0 saturated carbocycles. The van der Waals surface area contributed by atoms with Gasteiger partial charge in [0.2, 0.25) is 5.91 Å². The van der Waals surface area contributed by atoms with Gasteiger partial charge in [-0.3, -0.25) is 9.69 Å². The number of aromatic nitrogens is 1. The highest BCUT2D eigenvalue weighted by Crippen LogP contribution is 2.20. The fourth-order valence-corrected chi connectivity index (χ4v) is 2.81. The van der Waals surface area contributed by atoms with Crippen LogP contribution in [0.2, 0.25) is 0 Å². The molecule has 1 fully saturated rings. The number of rotatable bonds is 4. The van der Waals surface area contributed by atoms with Crippen molar-refractivity contribution in [1.29, 1.82) is 0 Å². The molecule has 1 aromatic carbocycles. The number of hydrogen-bond donors (Lipinski definition) is 1. The smallest absolute Gasteiger partial charge is 0.410 e. The van der Waals surface area contributed by atoms with Crippen LogP contribution in [0.25, 0.3) is 0 Å². The molecule has 1 aliphatic heterocycles. The SMILES string of the molecule is Cc1ccc(NC(=O)C2CCCN2C(=O)OCc2ccccc2)nc1. The lowest BCUT2D eigenvalue weighted by molar-refractivity contribution is -0.120. The molecule has 1 unspecified atom stereocenters. The molecule has 25 heavy (non-hydrogen) atoms. The minimum Gasteiger partial charge on any atom is -0.445 e. The summed E-state index contributed by atoms with van der Waals surface area (Å²) in [6, 6.07) is 12.6. The van der Waals surface area contributed by atoms with Crippen molar-refractivity contribution < 1.29 is 14.3 Å². The minimum atomic E-state index is -0.522. The summed E-state index contributed by atoms with van der Waals surface area (Å²) in [7, 11) is 0. The summed E-state index contributed by atoms with van der Waals surface area (Å²) >= 11 is 0. The van der Waals surface area contributed by atoms with Crippen LogP contribution in [0.3, 0.4) is 0 Å². The van der Waals surface area contributed by atoms with E-state index in [1.807, 2.05) is 43.3 Å². The molecule has 2 amide bonds. The molecular weight excluding hydrogens is 318 g/mol. The topological polar surface area (TPSA) is 71.5 Å². The van der Waals surface area contributed by atoms with Crippen LogP contribution >= 0.6 is 0 Å². The van der Waals surface area contributed by atoms with Crippen molar-refractivity contribution in [2.75, 3.05) is 11.9 Å². The van der Waals surface area contributed by atoms with E-state index in [2.05, 4.69) is 10.3 Å². The fraction of sp³-hybridized carbons (Fsp3) is 0.316. The van der Waals surface area contributed by atoms with E-state index in [0.29, 0.717) is 18.8 Å². The molecule has 0 bridgehead atoms. The van der Waals surface area contributed by atoms with Gasteiger partial charge in [-0.15, -0.1) is 0 Å². The van der Waals surface area contributed by atoms with Crippen LogP contribution < -0.4 is 5.32 Å². The average Bonchev–Trinajstić information content (AvgIpc) is 3.12. The molecule has 1 saturated heterocycles. The van der Waals surface area contributed by atoms with E-state index in [-0.39, 0.29) is 12.5 Å². The molecule has 1 aliphatic rings. The predicted molar refractivity (Wildman–Crippen MR) is 94.0 cm³/mol. The zero-order valence-electron chi connectivity index (χ0n) is 14.1. The van der Waals surface area contributed by atoms with Crippen molar-refractivity contribution in [3.05, 3.63) is 59.8 Å². The van der Waals surface area contributed by atoms with E-state index in [9.17, 15) is 9.59 Å². The summed E-state index contributed by atoms with van der Waals surface area (Å²) in [5.74, 6) is 0.255. The predicted octanol–water partition coefficient (Wildman–Crippen LogP) is 3.13. The Hall–Kier alpha value is -2.89. The van der Waals surface area contributed by atoms with Crippen molar-refractivity contribution in [3.8, 4) is 0 Å². The molecule has 6 heteroatoms. The second-order valence-corrected chi connectivity index (χ2v) is 6.10. The maximum absolute atomic E-state index is 12.5. The molecule has 3 rings (SSSR count). The van der Waals surface area contributed by atoms with Crippen molar-refractivity contribution in [1.82, 2.24) is 9.88 Å². The van der Waals surface area contributed by atoms with Gasteiger partial charge in [-0.25, -0.2) is 9.78 Å². The average molecular weight is 339 g/mol. The summed E-state index contributed by atoms with van der Waals surface area (Å²) in [4.78, 5) is 30.5.